The summed E-state index contributed by atoms with van der Waals surface area (Å²) < 4.78 is 33.3. The molecular formula is C24H24Cl2N2O4S. The van der Waals surface area contributed by atoms with E-state index in [1.54, 1.807) is 18.2 Å². The van der Waals surface area contributed by atoms with Crippen molar-refractivity contribution in [2.24, 2.45) is 0 Å². The Kier molecular flexibility index (Phi) is 8.24. The Morgan fingerprint density at radius 3 is 2.24 bits per heavy atom. The maximum Gasteiger partial charge on any atom is 0.264 e. The van der Waals surface area contributed by atoms with Gasteiger partial charge in [0.1, 0.15) is 18.9 Å². The molecule has 0 radical (unpaired) electrons. The SMILES string of the molecule is Cc1cc(C)cc(OCCNC(=O)CN(c2ccc(Cl)c(Cl)c2)S(=O)(=O)c2ccccc2)c1. The van der Waals surface area contributed by atoms with E-state index in [9.17, 15) is 13.2 Å². The molecule has 9 heteroatoms. The molecule has 33 heavy (non-hydrogen) atoms. The molecular weight excluding hydrogens is 483 g/mol. The number of carbonyl (C=O) groups is 1. The van der Waals surface area contributed by atoms with Crippen molar-refractivity contribution in [1.29, 1.82) is 0 Å². The molecule has 0 aromatic heterocycles. The molecule has 0 aliphatic carbocycles. The van der Waals surface area contributed by atoms with E-state index in [0.717, 1.165) is 15.4 Å². The number of ether oxygens (including phenoxy) is 1. The van der Waals surface area contributed by atoms with Crippen molar-refractivity contribution in [2.45, 2.75) is 18.7 Å². The lowest BCUT2D eigenvalue weighted by Gasteiger charge is -2.24. The monoisotopic (exact) mass is 506 g/mol. The van der Waals surface area contributed by atoms with Gasteiger partial charge in [-0.05, 0) is 67.4 Å². The molecule has 0 atom stereocenters. The van der Waals surface area contributed by atoms with E-state index in [-0.39, 0.29) is 33.8 Å². The number of nitrogens with one attached hydrogen (secondary N) is 1. The molecule has 0 heterocycles. The highest BCUT2D eigenvalue weighted by Crippen LogP contribution is 2.30. The molecule has 0 aliphatic heterocycles. The van der Waals surface area contributed by atoms with Gasteiger partial charge in [0, 0.05) is 0 Å². The third-order valence-corrected chi connectivity index (χ3v) is 7.22. The van der Waals surface area contributed by atoms with Gasteiger partial charge in [0.15, 0.2) is 0 Å². The van der Waals surface area contributed by atoms with Gasteiger partial charge < -0.3 is 10.1 Å². The third-order valence-electron chi connectivity index (χ3n) is 4.70. The van der Waals surface area contributed by atoms with Gasteiger partial charge >= 0.3 is 0 Å². The van der Waals surface area contributed by atoms with Crippen molar-refractivity contribution in [3.8, 4) is 5.75 Å². The van der Waals surface area contributed by atoms with Crippen LogP contribution in [0.4, 0.5) is 5.69 Å². The number of amides is 1. The molecule has 0 saturated heterocycles. The van der Waals surface area contributed by atoms with Gasteiger partial charge in [-0.2, -0.15) is 0 Å². The molecule has 1 N–H and O–H groups in total. The van der Waals surface area contributed by atoms with E-state index in [1.807, 2.05) is 32.0 Å². The summed E-state index contributed by atoms with van der Waals surface area (Å²) in [6.45, 7) is 3.98. The minimum absolute atomic E-state index is 0.0574. The van der Waals surface area contributed by atoms with Crippen molar-refractivity contribution in [2.75, 3.05) is 24.0 Å². The number of hydrogen-bond acceptors (Lipinski definition) is 4. The van der Waals surface area contributed by atoms with Crippen LogP contribution >= 0.6 is 23.2 Å². The fraction of sp³-hybridized carbons (Fsp3) is 0.208. The van der Waals surface area contributed by atoms with Crippen LogP contribution in [0.1, 0.15) is 11.1 Å². The van der Waals surface area contributed by atoms with Crippen LogP contribution in [0.25, 0.3) is 0 Å². The fourth-order valence-corrected chi connectivity index (χ4v) is 4.96. The molecule has 1 amide bonds. The highest BCUT2D eigenvalue weighted by atomic mass is 35.5. The maximum atomic E-state index is 13.3. The molecule has 3 aromatic rings. The highest BCUT2D eigenvalue weighted by molar-refractivity contribution is 7.92. The van der Waals surface area contributed by atoms with Gasteiger partial charge in [-0.3, -0.25) is 9.10 Å². The molecule has 0 fully saturated rings. The Morgan fingerprint density at radius 1 is 0.939 bits per heavy atom. The van der Waals surface area contributed by atoms with E-state index < -0.39 is 22.5 Å². The first-order valence-electron chi connectivity index (χ1n) is 10.2. The van der Waals surface area contributed by atoms with Gasteiger partial charge in [0.05, 0.1) is 27.2 Å². The van der Waals surface area contributed by atoms with Crippen LogP contribution < -0.4 is 14.4 Å². The van der Waals surface area contributed by atoms with Crippen LogP contribution in [-0.4, -0.2) is 34.0 Å². The van der Waals surface area contributed by atoms with Crippen molar-refractivity contribution >= 4 is 44.8 Å². The Morgan fingerprint density at radius 2 is 1.61 bits per heavy atom. The second-order valence-corrected chi connectivity index (χ2v) is 10.1. The predicted molar refractivity (Wildman–Crippen MR) is 132 cm³/mol. The molecule has 0 aliphatic rings. The second kappa shape index (κ2) is 10.9. The quantitative estimate of drug-likeness (QED) is 0.414. The molecule has 6 nitrogen and oxygen atoms in total. The Hall–Kier alpha value is -2.74. The Labute approximate surface area is 204 Å². The van der Waals surface area contributed by atoms with Crippen molar-refractivity contribution < 1.29 is 17.9 Å². The maximum absolute atomic E-state index is 13.3. The number of hydrogen-bond donors (Lipinski definition) is 1. The van der Waals surface area contributed by atoms with E-state index in [0.29, 0.717) is 5.75 Å². The van der Waals surface area contributed by atoms with Gasteiger partial charge in [-0.15, -0.1) is 0 Å². The zero-order valence-corrected chi connectivity index (χ0v) is 20.5. The van der Waals surface area contributed by atoms with Crippen LogP contribution in [0.2, 0.25) is 10.0 Å². The lowest BCUT2D eigenvalue weighted by atomic mass is 10.1. The lowest BCUT2D eigenvalue weighted by molar-refractivity contribution is -0.119. The van der Waals surface area contributed by atoms with Gasteiger partial charge in [-0.1, -0.05) is 47.5 Å². The number of rotatable bonds is 9. The summed E-state index contributed by atoms with van der Waals surface area (Å²) in [5.41, 5.74) is 2.39. The van der Waals surface area contributed by atoms with Crippen LogP contribution in [0.3, 0.4) is 0 Å². The first kappa shape index (κ1) is 24.9. The third kappa shape index (κ3) is 6.63. The predicted octanol–water partition coefficient (Wildman–Crippen LogP) is 5.00. The number of benzene rings is 3. The number of sulfonamides is 1. The molecule has 0 bridgehead atoms. The summed E-state index contributed by atoms with van der Waals surface area (Å²) in [5.74, 6) is 0.232. The number of anilines is 1. The van der Waals surface area contributed by atoms with Gasteiger partial charge in [0.25, 0.3) is 10.0 Å². The largest absolute Gasteiger partial charge is 0.492 e. The Balaban J connectivity index is 1.71. The molecule has 0 spiro atoms. The highest BCUT2D eigenvalue weighted by Gasteiger charge is 2.27. The molecule has 3 aromatic carbocycles. The average Bonchev–Trinajstić information content (AvgIpc) is 2.77. The number of carbonyl (C=O) groups excluding carboxylic acids is 1. The standard InChI is InChI=1S/C24H24Cl2N2O4S/c1-17-12-18(2)14-20(13-17)32-11-10-27-24(29)16-28(19-8-9-22(25)23(26)15-19)33(30,31)21-6-4-3-5-7-21/h3-9,12-15H,10-11,16H2,1-2H3,(H,27,29). The van der Waals surface area contributed by atoms with Crippen molar-refractivity contribution in [3.05, 3.63) is 87.9 Å². The van der Waals surface area contributed by atoms with Crippen LogP contribution in [0.5, 0.6) is 5.75 Å². The minimum Gasteiger partial charge on any atom is -0.492 e. The Bertz CT molecular complexity index is 1210. The lowest BCUT2D eigenvalue weighted by Crippen LogP contribution is -2.41. The first-order valence-corrected chi connectivity index (χ1v) is 12.4. The van der Waals surface area contributed by atoms with Crippen LogP contribution in [-0.2, 0) is 14.8 Å². The summed E-state index contributed by atoms with van der Waals surface area (Å²) >= 11 is 12.1. The van der Waals surface area contributed by atoms with E-state index >= 15 is 0 Å². The minimum atomic E-state index is -4.02. The number of halogens is 2. The second-order valence-electron chi connectivity index (χ2n) is 7.44. The van der Waals surface area contributed by atoms with E-state index in [4.69, 9.17) is 27.9 Å². The summed E-state index contributed by atoms with van der Waals surface area (Å²) in [5, 5.41) is 3.17. The summed E-state index contributed by atoms with van der Waals surface area (Å²) in [6.07, 6.45) is 0. The van der Waals surface area contributed by atoms with Gasteiger partial charge in [-0.25, -0.2) is 8.42 Å². The van der Waals surface area contributed by atoms with E-state index in [2.05, 4.69) is 5.32 Å². The van der Waals surface area contributed by atoms with Crippen LogP contribution in [0.15, 0.2) is 71.6 Å². The zero-order chi connectivity index (χ0) is 24.0. The normalized spacial score (nSPS) is 11.2. The van der Waals surface area contributed by atoms with Crippen molar-refractivity contribution in [3.63, 3.8) is 0 Å². The molecule has 3 rings (SSSR count). The topological polar surface area (TPSA) is 75.7 Å². The summed E-state index contributed by atoms with van der Waals surface area (Å²) in [4.78, 5) is 12.7. The number of nitrogens with zero attached hydrogens (tertiary/aromatic N) is 1. The smallest absolute Gasteiger partial charge is 0.264 e. The fourth-order valence-electron chi connectivity index (χ4n) is 3.24. The average molecular weight is 507 g/mol. The number of aryl methyl sites for hydroxylation is 2. The molecule has 174 valence electrons. The van der Waals surface area contributed by atoms with Gasteiger partial charge in [0.2, 0.25) is 5.91 Å². The van der Waals surface area contributed by atoms with Crippen molar-refractivity contribution in [1.82, 2.24) is 5.32 Å². The first-order chi connectivity index (χ1) is 15.7. The molecule has 0 saturated carbocycles. The van der Waals surface area contributed by atoms with E-state index in [1.165, 1.54) is 30.3 Å². The summed E-state index contributed by atoms with van der Waals surface area (Å²) in [7, 11) is -4.02. The summed E-state index contributed by atoms with van der Waals surface area (Å²) in [6, 6.07) is 18.2. The van der Waals surface area contributed by atoms with Crippen LogP contribution in [0, 0.1) is 13.8 Å². The molecule has 0 unspecified atom stereocenters. The zero-order valence-electron chi connectivity index (χ0n) is 18.2.